The monoisotopic (exact) mass is 1930 g/mol. The molecule has 34 nitrogen and oxygen atoms in total. The summed E-state index contributed by atoms with van der Waals surface area (Å²) in [5.41, 5.74) is 18.6. The lowest BCUT2D eigenvalue weighted by molar-refractivity contribution is -0.143. The van der Waals surface area contributed by atoms with E-state index in [9.17, 15) is 51.9 Å². The molecule has 140 heavy (non-hydrogen) atoms. The van der Waals surface area contributed by atoms with Crippen LogP contribution in [0, 0.1) is 11.8 Å². The van der Waals surface area contributed by atoms with E-state index in [4.69, 9.17) is 43.6 Å². The fourth-order valence-electron chi connectivity index (χ4n) is 22.0. The third-order valence-electron chi connectivity index (χ3n) is 29.4. The lowest BCUT2D eigenvalue weighted by atomic mass is 9.83. The van der Waals surface area contributed by atoms with Gasteiger partial charge >= 0.3 is 30.3 Å². The van der Waals surface area contributed by atoms with Crippen molar-refractivity contribution in [2.45, 2.75) is 232 Å². The van der Waals surface area contributed by atoms with Gasteiger partial charge in [0, 0.05) is 191 Å². The zero-order valence-corrected chi connectivity index (χ0v) is 82.7. The number of aromatic amines is 1. The molecular formula is C105H128N18O16S. The van der Waals surface area contributed by atoms with Crippen molar-refractivity contribution in [1.29, 1.82) is 0 Å². The number of fused-ring (bicyclic) bond motifs is 13. The number of hydrogen-bond donors (Lipinski definition) is 2. The number of carboxylic acid groups (broad SMARTS) is 1. The van der Waals surface area contributed by atoms with E-state index in [-0.39, 0.29) is 95.6 Å². The molecule has 0 spiro atoms. The quantitative estimate of drug-likeness (QED) is 0.0631. The highest BCUT2D eigenvalue weighted by molar-refractivity contribution is 7.90. The molecule has 8 aromatic heterocycles. The van der Waals surface area contributed by atoms with E-state index in [0.29, 0.717) is 51.0 Å². The Bertz CT molecular complexity index is 6990. The van der Waals surface area contributed by atoms with E-state index in [1.54, 1.807) is 66.1 Å². The van der Waals surface area contributed by atoms with Crippen LogP contribution < -0.4 is 30.7 Å². The smallest absolute Gasteiger partial charge is 0.414 e. The average Bonchev–Trinajstić information content (AvgIpc) is 1.58. The lowest BCUT2D eigenvalue weighted by Crippen LogP contribution is -2.42. The molecule has 3 fully saturated rings. The van der Waals surface area contributed by atoms with Crippen LogP contribution >= 0.6 is 0 Å². The van der Waals surface area contributed by atoms with E-state index in [1.807, 2.05) is 92.1 Å². The summed E-state index contributed by atoms with van der Waals surface area (Å²) in [5, 5.41) is 14.9. The maximum Gasteiger partial charge on any atom is 0.414 e. The van der Waals surface area contributed by atoms with Crippen LogP contribution in [0.15, 0.2) is 150 Å². The van der Waals surface area contributed by atoms with Crippen molar-refractivity contribution >= 4 is 124 Å². The van der Waals surface area contributed by atoms with Gasteiger partial charge in [-0.3, -0.25) is 48.4 Å². The molecule has 0 radical (unpaired) electrons. The van der Waals surface area contributed by atoms with Gasteiger partial charge in [-0.15, -0.1) is 0 Å². The molecule has 0 unspecified atom stereocenters. The molecule has 4 amide bonds. The van der Waals surface area contributed by atoms with Crippen molar-refractivity contribution in [2.75, 3.05) is 92.9 Å². The molecule has 13 aromatic rings. The molecule has 2 N–H and O–H groups in total. The summed E-state index contributed by atoms with van der Waals surface area (Å²) < 4.78 is 63.6. The minimum atomic E-state index is -3.18. The van der Waals surface area contributed by atoms with Crippen molar-refractivity contribution in [2.24, 2.45) is 18.9 Å². The number of imidazole rings is 4. The van der Waals surface area contributed by atoms with Crippen molar-refractivity contribution in [3.63, 3.8) is 0 Å². The molecule has 2 saturated carbocycles. The number of morpholine rings is 1. The number of aryl methyl sites for hydroxylation is 12. The average molecular weight is 1930 g/mol. The molecule has 1 saturated heterocycles. The number of carbonyl (C=O) groups is 6. The predicted molar refractivity (Wildman–Crippen MR) is 537 cm³/mol. The van der Waals surface area contributed by atoms with Crippen LogP contribution in [0.2, 0.25) is 0 Å². The van der Waals surface area contributed by atoms with Gasteiger partial charge in [-0.05, 0) is 221 Å². The maximum atomic E-state index is 12.7. The molecule has 740 valence electrons. The topological polar surface area (TPSA) is 368 Å². The number of nitrogens with one attached hydrogen (secondary N) is 1. The first-order chi connectivity index (χ1) is 67.6. The Balaban J connectivity index is 0.000000129. The molecule has 20 rings (SSSR count). The second-order valence-corrected chi connectivity index (χ2v) is 40.7. The van der Waals surface area contributed by atoms with Crippen LogP contribution in [-0.2, 0) is 134 Å². The number of para-hydroxylation sites is 1. The maximum absolute atomic E-state index is 12.7. The van der Waals surface area contributed by atoms with E-state index in [1.165, 1.54) is 46.1 Å². The Morgan fingerprint density at radius 2 is 0.936 bits per heavy atom. The summed E-state index contributed by atoms with van der Waals surface area (Å²) in [6, 6.07) is 37.5. The molecule has 5 aromatic carbocycles. The van der Waals surface area contributed by atoms with Crippen molar-refractivity contribution in [3.05, 3.63) is 218 Å². The van der Waals surface area contributed by atoms with E-state index in [2.05, 4.69) is 84.1 Å². The van der Waals surface area contributed by atoms with Crippen LogP contribution in [-0.4, -0.2) is 214 Å². The van der Waals surface area contributed by atoms with Gasteiger partial charge in [0.1, 0.15) is 38.9 Å². The standard InChI is InChI=1S/C30H34N4O3.2C26H33N5O4.C23H28N4O5S/c1-18-11-12-24-26(33(18)30(36)37-3)13-14-27-29(24)32-28(17-22-15-21-7-4-5-10-25(21)31-22)34(27)23-9-6-8-20(16-23)19(2)35;1-16-4-10-20-21(30(16)26(34)35-3)11-12-22-24(20)28-23(13-5-17-14-27-29(2)15-17)31(22)19-8-6-18(7-9-19)25(32)33;1-19-6-7-20-21(31(19)26(33)34-2)8-9-22-25(20)27-23(10-12-29-11-4-3-5-24(29)32)30(22)14-13-28-15-17-35-18-16-28;1-16-7-8-17-18(27(16)23(29)32-2)9-10-19-22(17)24-20(26(19)14-15-33(3,30)31)11-13-25-12-5-4-6-21(25)28/h4-5,7,10,13-15,18,20,23,31H,6,8-9,11-12,16-17H2,1-3H3;11-12,14-16,18-19H,4-10,13H2,1-3H3,(H,32,33);3-5,8-9,11,19H,6-7,10,12-18H2,1-2H3;4-6,9-10,12,16H,7-8,11,13-15H2,1-3H3/t18-,20+,23+;16-,18?,19?;19-;16-/m0000/s1. The number of ketones is 1. The van der Waals surface area contributed by atoms with Crippen molar-refractivity contribution in [3.8, 4) is 0 Å². The zero-order valence-electron chi connectivity index (χ0n) is 81.9. The number of ether oxygens (including phenoxy) is 5. The number of aromatic nitrogens is 13. The van der Waals surface area contributed by atoms with Gasteiger partial charge in [0.15, 0.2) is 0 Å². The normalized spacial score (nSPS) is 19.8. The number of amides is 4. The number of aliphatic carboxylic acids is 1. The van der Waals surface area contributed by atoms with Gasteiger partial charge in [-0.2, -0.15) is 5.10 Å². The van der Waals surface area contributed by atoms with Crippen LogP contribution in [0.4, 0.5) is 41.9 Å². The fourth-order valence-corrected chi connectivity index (χ4v) is 22.5. The minimum Gasteiger partial charge on any atom is -0.481 e. The van der Waals surface area contributed by atoms with Gasteiger partial charge in [0.2, 0.25) is 0 Å². The Labute approximate surface area is 813 Å². The van der Waals surface area contributed by atoms with Crippen LogP contribution in [0.1, 0.15) is 181 Å². The summed E-state index contributed by atoms with van der Waals surface area (Å²) in [7, 11) is 4.38. The molecule has 5 aliphatic heterocycles. The first-order valence-corrected chi connectivity index (χ1v) is 51.3. The number of pyridine rings is 2. The minimum absolute atomic E-state index is 0.000790. The number of nitrogens with zero attached hydrogens (tertiary/aromatic N) is 17. The molecular weight excluding hydrogens is 1800 g/mol. The van der Waals surface area contributed by atoms with E-state index in [0.717, 1.165) is 266 Å². The second kappa shape index (κ2) is 42.8. The number of H-pyrrole nitrogens is 1. The lowest BCUT2D eigenvalue weighted by Gasteiger charge is -2.34. The molecule has 0 bridgehead atoms. The van der Waals surface area contributed by atoms with Crippen LogP contribution in [0.25, 0.3) is 55.0 Å². The predicted octanol–water partition coefficient (Wildman–Crippen LogP) is 15.7. The van der Waals surface area contributed by atoms with Crippen LogP contribution in [0.5, 0.6) is 0 Å². The highest BCUT2D eigenvalue weighted by Gasteiger charge is 2.40. The largest absolute Gasteiger partial charge is 0.481 e. The van der Waals surface area contributed by atoms with E-state index >= 15 is 0 Å². The number of benzene rings is 5. The van der Waals surface area contributed by atoms with Crippen molar-refractivity contribution in [1.82, 2.24) is 67.0 Å². The highest BCUT2D eigenvalue weighted by atomic mass is 32.2. The number of carboxylic acids is 1. The molecule has 2 aliphatic carbocycles. The highest BCUT2D eigenvalue weighted by Crippen LogP contribution is 2.46. The van der Waals surface area contributed by atoms with Gasteiger partial charge in [-0.25, -0.2) is 47.5 Å². The third-order valence-corrected chi connectivity index (χ3v) is 30.4. The summed E-state index contributed by atoms with van der Waals surface area (Å²) in [6.45, 7) is 16.2. The Morgan fingerprint density at radius 1 is 0.486 bits per heavy atom. The molecule has 7 aliphatic rings. The van der Waals surface area contributed by atoms with Crippen LogP contribution in [0.3, 0.4) is 0 Å². The van der Waals surface area contributed by atoms with Crippen molar-refractivity contribution < 1.29 is 66.0 Å². The Morgan fingerprint density at radius 3 is 1.39 bits per heavy atom. The zero-order chi connectivity index (χ0) is 98.5. The number of rotatable bonds is 21. The summed E-state index contributed by atoms with van der Waals surface area (Å²) in [4.78, 5) is 132. The van der Waals surface area contributed by atoms with Gasteiger partial charge in [0.25, 0.3) is 11.1 Å². The first kappa shape index (κ1) is 98.3. The first-order valence-electron chi connectivity index (χ1n) is 49.2. The second-order valence-electron chi connectivity index (χ2n) is 38.4. The fraction of sp³-hybridized carbons (Fsp3) is 0.476. The number of hydrogen-bond acceptors (Lipinski definition) is 21. The third kappa shape index (κ3) is 20.8. The summed E-state index contributed by atoms with van der Waals surface area (Å²) >= 11 is 0. The SMILES string of the molecule is COC(=O)N1c2ccc3c(nc(CCc4cnn(C)c4)n3C3CCC(C(=O)O)CC3)c2CC[C@@H]1C.COC(=O)N1c2ccc3c(nc(CCn4ccccc4=O)n3CCN3CCOCC3)c2CC[C@@H]1C.COC(=O)N1c2ccc3c(nc(CCn4ccccc4=O)n3CCS(C)(=O)=O)c2CC[C@@H]1C.COC(=O)N1c2ccc3c(nc(Cc4cc5ccccc5[nH]4)n3[C@@H]3CCC[C@@H](C(C)=O)C3)c2CC[C@@H]1C. The van der Waals surface area contributed by atoms with Gasteiger partial charge in [0.05, 0.1) is 126 Å². The van der Waals surface area contributed by atoms with E-state index < -0.39 is 21.9 Å². The Hall–Kier alpha value is -13.3. The molecule has 35 heteroatoms. The Kier molecular flexibility index (Phi) is 30.1. The number of sulfone groups is 1. The van der Waals surface area contributed by atoms with Gasteiger partial charge < -0.3 is 61.2 Å². The number of anilines is 4. The number of Topliss-reactive ketones (excluding diaryl/α,β-unsaturated/α-hetero) is 1. The number of carbonyl (C=O) groups excluding carboxylic acids is 5. The summed E-state index contributed by atoms with van der Waals surface area (Å²) in [5.74, 6) is 3.11. The number of methoxy groups -OCH3 is 4. The van der Waals surface area contributed by atoms with Gasteiger partial charge in [-0.1, -0.05) is 36.8 Å². The molecule has 13 heterocycles. The molecule has 6 atom stereocenters. The summed E-state index contributed by atoms with van der Waals surface area (Å²) in [6.07, 6.45) is 24.2.